The molecule has 0 fully saturated rings. The number of ether oxygens (including phenoxy) is 1. The molecule has 1 atom stereocenters. The number of anilines is 2. The molecule has 0 aliphatic carbocycles. The van der Waals surface area contributed by atoms with Gasteiger partial charge in [-0.3, -0.25) is 9.10 Å². The number of amides is 1. The highest BCUT2D eigenvalue weighted by molar-refractivity contribution is 7.99. The smallest absolute Gasteiger partial charge is 0.264 e. The topological polar surface area (TPSA) is 75.7 Å². The number of carbonyl (C=O) groups is 1. The van der Waals surface area contributed by atoms with E-state index in [4.69, 9.17) is 4.74 Å². The van der Waals surface area contributed by atoms with E-state index in [1.807, 2.05) is 13.8 Å². The Bertz CT molecular complexity index is 943. The van der Waals surface area contributed by atoms with Crippen molar-refractivity contribution in [3.8, 4) is 5.75 Å². The second-order valence-electron chi connectivity index (χ2n) is 6.26. The number of carbonyl (C=O) groups excluding carboxylic acids is 1. The Morgan fingerprint density at radius 1 is 1.22 bits per heavy atom. The van der Waals surface area contributed by atoms with Crippen molar-refractivity contribution < 1.29 is 17.9 Å². The van der Waals surface area contributed by atoms with Gasteiger partial charge in [0.25, 0.3) is 10.0 Å². The molecule has 1 heterocycles. The zero-order chi connectivity index (χ0) is 19.6. The number of rotatable bonds is 5. The number of fused-ring (bicyclic) bond motifs is 1. The summed E-state index contributed by atoms with van der Waals surface area (Å²) >= 11 is 1.55. The van der Waals surface area contributed by atoms with Gasteiger partial charge in [0.2, 0.25) is 5.91 Å². The van der Waals surface area contributed by atoms with Crippen molar-refractivity contribution in [2.45, 2.75) is 23.6 Å². The minimum Gasteiger partial charge on any atom is -0.494 e. The molecule has 0 aromatic heterocycles. The molecule has 1 aliphatic rings. The molecule has 1 unspecified atom stereocenters. The van der Waals surface area contributed by atoms with E-state index in [-0.39, 0.29) is 16.7 Å². The molecule has 0 radical (unpaired) electrons. The Labute approximate surface area is 164 Å². The van der Waals surface area contributed by atoms with Crippen molar-refractivity contribution in [1.82, 2.24) is 0 Å². The summed E-state index contributed by atoms with van der Waals surface area (Å²) in [7, 11) is -2.26. The molecular weight excluding hydrogens is 384 g/mol. The first kappa shape index (κ1) is 19.6. The van der Waals surface area contributed by atoms with Crippen LogP contribution < -0.4 is 14.4 Å². The van der Waals surface area contributed by atoms with Crippen molar-refractivity contribution in [3.05, 3.63) is 42.5 Å². The lowest BCUT2D eigenvalue weighted by atomic mass is 10.2. The molecule has 1 N–H and O–H groups in total. The van der Waals surface area contributed by atoms with Crippen LogP contribution in [0.2, 0.25) is 0 Å². The Hall–Kier alpha value is -2.19. The van der Waals surface area contributed by atoms with Crippen LogP contribution in [0.4, 0.5) is 11.4 Å². The van der Waals surface area contributed by atoms with Gasteiger partial charge >= 0.3 is 0 Å². The van der Waals surface area contributed by atoms with Crippen LogP contribution in [-0.4, -0.2) is 33.7 Å². The largest absolute Gasteiger partial charge is 0.494 e. The lowest BCUT2D eigenvalue weighted by Crippen LogP contribution is -2.26. The van der Waals surface area contributed by atoms with Crippen LogP contribution >= 0.6 is 11.8 Å². The Morgan fingerprint density at radius 2 is 1.93 bits per heavy atom. The van der Waals surface area contributed by atoms with Gasteiger partial charge in [0.15, 0.2) is 0 Å². The normalized spacial score (nSPS) is 16.9. The van der Waals surface area contributed by atoms with Crippen molar-refractivity contribution in [1.29, 1.82) is 0 Å². The van der Waals surface area contributed by atoms with Gasteiger partial charge in [-0.25, -0.2) is 8.42 Å². The third-order valence-corrected chi connectivity index (χ3v) is 7.43. The maximum absolute atomic E-state index is 13.0. The first-order chi connectivity index (χ1) is 12.8. The highest BCUT2D eigenvalue weighted by atomic mass is 32.2. The minimum atomic E-state index is -3.76. The summed E-state index contributed by atoms with van der Waals surface area (Å²) in [6, 6.07) is 11.7. The number of hydrogen-bond acceptors (Lipinski definition) is 5. The summed E-state index contributed by atoms with van der Waals surface area (Å²) < 4.78 is 32.7. The Balaban J connectivity index is 1.90. The van der Waals surface area contributed by atoms with Crippen LogP contribution in [0.5, 0.6) is 5.75 Å². The number of benzene rings is 2. The molecule has 3 rings (SSSR count). The fourth-order valence-corrected chi connectivity index (χ4v) is 4.89. The SMILES string of the molecule is CCOc1ccc(N(C)S(=O)(=O)c2ccc3c(c2)NC(=O)C(C)CS3)cc1. The first-order valence-corrected chi connectivity index (χ1v) is 11.0. The second kappa shape index (κ2) is 7.82. The van der Waals surface area contributed by atoms with E-state index < -0.39 is 10.0 Å². The number of nitrogens with one attached hydrogen (secondary N) is 1. The molecule has 0 saturated carbocycles. The molecule has 1 aliphatic heterocycles. The number of hydrogen-bond donors (Lipinski definition) is 1. The third kappa shape index (κ3) is 4.06. The first-order valence-electron chi connectivity index (χ1n) is 8.62. The zero-order valence-electron chi connectivity index (χ0n) is 15.4. The molecule has 2 aromatic carbocycles. The summed E-state index contributed by atoms with van der Waals surface area (Å²) in [4.78, 5) is 13.1. The standard InChI is InChI=1S/C19H22N2O4S2/c1-4-25-15-7-5-14(6-8-15)21(3)27(23,24)16-9-10-18-17(11-16)20-19(22)13(2)12-26-18/h5-11,13H,4,12H2,1-3H3,(H,20,22). The van der Waals surface area contributed by atoms with E-state index in [9.17, 15) is 13.2 Å². The maximum Gasteiger partial charge on any atom is 0.264 e. The third-order valence-electron chi connectivity index (χ3n) is 4.32. The Morgan fingerprint density at radius 3 is 2.59 bits per heavy atom. The monoisotopic (exact) mass is 406 g/mol. The van der Waals surface area contributed by atoms with Crippen LogP contribution in [0.3, 0.4) is 0 Å². The van der Waals surface area contributed by atoms with Gasteiger partial charge in [0, 0.05) is 23.6 Å². The Kier molecular flexibility index (Phi) is 5.67. The summed E-state index contributed by atoms with van der Waals surface area (Å²) in [6.45, 7) is 4.29. The van der Waals surface area contributed by atoms with Gasteiger partial charge in [-0.2, -0.15) is 0 Å². The summed E-state index contributed by atoms with van der Waals surface area (Å²) in [5.41, 5.74) is 1.07. The van der Waals surface area contributed by atoms with Crippen molar-refractivity contribution in [2.24, 2.45) is 5.92 Å². The average Bonchev–Trinajstić information content (AvgIpc) is 2.80. The molecule has 8 heteroatoms. The van der Waals surface area contributed by atoms with Crippen LogP contribution in [-0.2, 0) is 14.8 Å². The summed E-state index contributed by atoms with van der Waals surface area (Å²) in [6.07, 6.45) is 0. The van der Waals surface area contributed by atoms with Crippen molar-refractivity contribution in [2.75, 3.05) is 29.0 Å². The van der Waals surface area contributed by atoms with Crippen LogP contribution in [0.15, 0.2) is 52.3 Å². The second-order valence-corrected chi connectivity index (χ2v) is 9.29. The van der Waals surface area contributed by atoms with Gasteiger partial charge < -0.3 is 10.1 Å². The average molecular weight is 407 g/mol. The molecule has 0 spiro atoms. The lowest BCUT2D eigenvalue weighted by molar-refractivity contribution is -0.118. The molecule has 2 aromatic rings. The van der Waals surface area contributed by atoms with Gasteiger partial charge in [-0.05, 0) is 49.4 Å². The van der Waals surface area contributed by atoms with Crippen molar-refractivity contribution >= 4 is 39.1 Å². The maximum atomic E-state index is 13.0. The van der Waals surface area contributed by atoms with E-state index in [0.29, 0.717) is 29.5 Å². The van der Waals surface area contributed by atoms with E-state index in [2.05, 4.69) is 5.32 Å². The van der Waals surface area contributed by atoms with Gasteiger partial charge in [0.1, 0.15) is 5.75 Å². The van der Waals surface area contributed by atoms with Crippen LogP contribution in [0.1, 0.15) is 13.8 Å². The molecule has 0 bridgehead atoms. The molecule has 27 heavy (non-hydrogen) atoms. The predicted octanol–water partition coefficient (Wildman–Crippen LogP) is 3.59. The fraction of sp³-hybridized carbons (Fsp3) is 0.316. The summed E-state index contributed by atoms with van der Waals surface area (Å²) in [5, 5.41) is 2.83. The van der Waals surface area contributed by atoms with Gasteiger partial charge in [0.05, 0.1) is 22.9 Å². The number of nitrogens with zero attached hydrogens (tertiary/aromatic N) is 1. The summed E-state index contributed by atoms with van der Waals surface area (Å²) in [5.74, 6) is 1.12. The fourth-order valence-electron chi connectivity index (χ4n) is 2.66. The zero-order valence-corrected chi connectivity index (χ0v) is 17.1. The number of sulfonamides is 1. The molecule has 144 valence electrons. The molecule has 0 saturated heterocycles. The molecular formula is C19H22N2O4S2. The van der Waals surface area contributed by atoms with Gasteiger partial charge in [-0.15, -0.1) is 11.8 Å². The molecule has 1 amide bonds. The van der Waals surface area contributed by atoms with E-state index >= 15 is 0 Å². The molecule has 6 nitrogen and oxygen atoms in total. The van der Waals surface area contributed by atoms with Gasteiger partial charge in [-0.1, -0.05) is 6.92 Å². The predicted molar refractivity (Wildman–Crippen MR) is 108 cm³/mol. The van der Waals surface area contributed by atoms with E-state index in [1.54, 1.807) is 48.2 Å². The van der Waals surface area contributed by atoms with Crippen LogP contribution in [0.25, 0.3) is 0 Å². The van der Waals surface area contributed by atoms with Crippen molar-refractivity contribution in [3.63, 3.8) is 0 Å². The quantitative estimate of drug-likeness (QED) is 0.821. The van der Waals surface area contributed by atoms with Crippen LogP contribution in [0, 0.1) is 5.92 Å². The van der Waals surface area contributed by atoms with E-state index in [0.717, 1.165) is 4.90 Å². The number of thioether (sulfide) groups is 1. The highest BCUT2D eigenvalue weighted by Crippen LogP contribution is 2.35. The van der Waals surface area contributed by atoms with E-state index in [1.165, 1.54) is 17.4 Å². The lowest BCUT2D eigenvalue weighted by Gasteiger charge is -2.20. The highest BCUT2D eigenvalue weighted by Gasteiger charge is 2.25. The minimum absolute atomic E-state index is 0.101.